The lowest BCUT2D eigenvalue weighted by Crippen LogP contribution is -2.63. The van der Waals surface area contributed by atoms with Gasteiger partial charge < -0.3 is 24.4 Å². The summed E-state index contributed by atoms with van der Waals surface area (Å²) in [6.07, 6.45) is 1.43. The summed E-state index contributed by atoms with van der Waals surface area (Å²) >= 11 is 0. The van der Waals surface area contributed by atoms with Crippen LogP contribution in [-0.4, -0.2) is 53.1 Å². The monoisotopic (exact) mass is 414 g/mol. The summed E-state index contributed by atoms with van der Waals surface area (Å²) < 4.78 is 23.6. The van der Waals surface area contributed by atoms with Gasteiger partial charge in [-0.3, -0.25) is 14.6 Å². The van der Waals surface area contributed by atoms with Gasteiger partial charge in [-0.15, -0.1) is 0 Å². The second-order valence-corrected chi connectivity index (χ2v) is 9.25. The highest BCUT2D eigenvalue weighted by Crippen LogP contribution is 2.55. The Labute approximate surface area is 162 Å². The van der Waals surface area contributed by atoms with Crippen molar-refractivity contribution in [2.45, 2.75) is 64.1 Å². The van der Waals surface area contributed by atoms with Crippen molar-refractivity contribution in [3.8, 4) is 0 Å². The molecular weight excluding hydrogens is 389 g/mol. The smallest absolute Gasteiger partial charge is 0.201 e. The zero-order valence-corrected chi connectivity index (χ0v) is 17.5. The van der Waals surface area contributed by atoms with Crippen molar-refractivity contribution in [3.05, 3.63) is 17.8 Å². The summed E-state index contributed by atoms with van der Waals surface area (Å²) in [7, 11) is -4.58. The predicted octanol–water partition coefficient (Wildman–Crippen LogP) is -0.150. The number of fused-ring (bicyclic) bond motifs is 1. The SMILES string of the molecule is Cc1nc(C)c2ncn(C3(C)OC(C)(COP(N)(=O)[O-])C(C)(O)C3(C)O)c2n1. The average Bonchev–Trinajstić information content (AvgIpc) is 2.99. The highest BCUT2D eigenvalue weighted by Gasteiger charge is 2.73. The fourth-order valence-electron chi connectivity index (χ4n) is 3.76. The third-order valence-electron chi connectivity index (χ3n) is 5.97. The molecule has 0 amide bonds. The molecule has 0 spiro atoms. The van der Waals surface area contributed by atoms with Crippen LogP contribution in [0, 0.1) is 13.8 Å². The molecule has 4 N–H and O–H groups in total. The lowest BCUT2D eigenvalue weighted by molar-refractivity contribution is -0.216. The van der Waals surface area contributed by atoms with Gasteiger partial charge in [-0.25, -0.2) is 15.0 Å². The minimum atomic E-state index is -4.58. The number of nitrogens with two attached hydrogens (primary N) is 1. The molecule has 0 saturated carbocycles. The summed E-state index contributed by atoms with van der Waals surface area (Å²) in [4.78, 5) is 24.3. The molecule has 156 valence electrons. The van der Waals surface area contributed by atoms with E-state index in [4.69, 9.17) is 14.8 Å². The molecule has 0 bridgehead atoms. The third kappa shape index (κ3) is 2.81. The molecule has 0 radical (unpaired) electrons. The predicted molar refractivity (Wildman–Crippen MR) is 96.9 cm³/mol. The number of hydrogen-bond acceptors (Lipinski definition) is 9. The number of rotatable bonds is 4. The van der Waals surface area contributed by atoms with Gasteiger partial charge in [0.1, 0.15) is 28.1 Å². The van der Waals surface area contributed by atoms with Crippen LogP contribution in [0.1, 0.15) is 39.2 Å². The topological polar surface area (TPSA) is 169 Å². The Kier molecular flexibility index (Phi) is 4.57. The number of ether oxygens (including phenoxy) is 1. The van der Waals surface area contributed by atoms with Crippen LogP contribution < -0.4 is 10.4 Å². The Morgan fingerprint density at radius 2 is 1.86 bits per heavy atom. The zero-order chi connectivity index (χ0) is 21.3. The summed E-state index contributed by atoms with van der Waals surface area (Å²) in [5.74, 6) is 0.501. The van der Waals surface area contributed by atoms with Crippen molar-refractivity contribution in [1.82, 2.24) is 19.5 Å². The second-order valence-electron chi connectivity index (χ2n) is 7.92. The Hall–Kier alpha value is -1.46. The molecule has 1 fully saturated rings. The van der Waals surface area contributed by atoms with Crippen LogP contribution in [0.2, 0.25) is 0 Å². The maximum atomic E-state index is 11.4. The van der Waals surface area contributed by atoms with Gasteiger partial charge in [0.25, 0.3) is 0 Å². The van der Waals surface area contributed by atoms with Gasteiger partial charge in [0.2, 0.25) is 7.75 Å². The van der Waals surface area contributed by atoms with Gasteiger partial charge in [0, 0.05) is 0 Å². The van der Waals surface area contributed by atoms with E-state index in [1.54, 1.807) is 20.8 Å². The quantitative estimate of drug-likeness (QED) is 0.572. The molecule has 12 heteroatoms. The van der Waals surface area contributed by atoms with Crippen molar-refractivity contribution in [1.29, 1.82) is 0 Å². The van der Waals surface area contributed by atoms with Crippen LogP contribution in [-0.2, 0) is 19.6 Å². The first-order chi connectivity index (χ1) is 12.6. The van der Waals surface area contributed by atoms with Crippen LogP contribution in [0.25, 0.3) is 11.2 Å². The Morgan fingerprint density at radius 1 is 1.25 bits per heavy atom. The minimum Gasteiger partial charge on any atom is -0.766 e. The van der Waals surface area contributed by atoms with Gasteiger partial charge in [-0.1, -0.05) is 0 Å². The van der Waals surface area contributed by atoms with Gasteiger partial charge in [-0.2, -0.15) is 0 Å². The minimum absolute atomic E-state index is 0.405. The summed E-state index contributed by atoms with van der Waals surface area (Å²) in [6.45, 7) is 8.64. The van der Waals surface area contributed by atoms with E-state index >= 15 is 0 Å². The number of hydrogen-bond donors (Lipinski definition) is 3. The number of imidazole rings is 1. The van der Waals surface area contributed by atoms with E-state index in [0.29, 0.717) is 22.7 Å². The normalized spacial score (nSPS) is 38.1. The van der Waals surface area contributed by atoms with E-state index in [1.807, 2.05) is 0 Å². The second kappa shape index (κ2) is 6.02. The zero-order valence-electron chi connectivity index (χ0n) is 16.6. The van der Waals surface area contributed by atoms with E-state index in [0.717, 1.165) is 0 Å². The molecule has 28 heavy (non-hydrogen) atoms. The largest absolute Gasteiger partial charge is 0.766 e. The molecule has 0 aromatic carbocycles. The van der Waals surface area contributed by atoms with Crippen LogP contribution >= 0.6 is 7.75 Å². The highest BCUT2D eigenvalue weighted by atomic mass is 31.2. The van der Waals surface area contributed by atoms with E-state index in [9.17, 15) is 19.7 Å². The first-order valence-corrected chi connectivity index (χ1v) is 10.2. The molecule has 3 heterocycles. The molecule has 0 aliphatic carbocycles. The van der Waals surface area contributed by atoms with Crippen molar-refractivity contribution in [3.63, 3.8) is 0 Å². The molecule has 11 nitrogen and oxygen atoms in total. The number of aryl methyl sites for hydroxylation is 2. The maximum absolute atomic E-state index is 11.4. The van der Waals surface area contributed by atoms with Gasteiger partial charge in [-0.05, 0) is 41.5 Å². The van der Waals surface area contributed by atoms with Crippen molar-refractivity contribution in [2.24, 2.45) is 5.50 Å². The molecule has 1 aliphatic heterocycles. The van der Waals surface area contributed by atoms with Crippen molar-refractivity contribution >= 4 is 18.9 Å². The van der Waals surface area contributed by atoms with Gasteiger partial charge in [0.05, 0.1) is 18.6 Å². The van der Waals surface area contributed by atoms with Crippen molar-refractivity contribution in [2.75, 3.05) is 6.61 Å². The summed E-state index contributed by atoms with van der Waals surface area (Å²) in [6, 6.07) is 0. The molecule has 5 unspecified atom stereocenters. The molecular formula is C16H25N5O6P-. The van der Waals surface area contributed by atoms with E-state index < -0.39 is 36.9 Å². The lowest BCUT2D eigenvalue weighted by atomic mass is 9.73. The first kappa shape index (κ1) is 21.3. The number of nitrogens with zero attached hydrogens (tertiary/aromatic N) is 4. The van der Waals surface area contributed by atoms with E-state index in [-0.39, 0.29) is 0 Å². The fraction of sp³-hybridized carbons (Fsp3) is 0.688. The Morgan fingerprint density at radius 3 is 2.43 bits per heavy atom. The average molecular weight is 414 g/mol. The summed E-state index contributed by atoms with van der Waals surface area (Å²) in [5, 5.41) is 22.6. The van der Waals surface area contributed by atoms with Crippen molar-refractivity contribution < 1.29 is 28.9 Å². The molecule has 2 aromatic heterocycles. The molecule has 3 rings (SSSR count). The third-order valence-corrected chi connectivity index (χ3v) is 6.46. The van der Waals surface area contributed by atoms with E-state index in [1.165, 1.54) is 31.7 Å². The van der Waals surface area contributed by atoms with Gasteiger partial charge in [0.15, 0.2) is 11.4 Å². The van der Waals surface area contributed by atoms with Gasteiger partial charge >= 0.3 is 0 Å². The lowest BCUT2D eigenvalue weighted by Gasteiger charge is -2.42. The first-order valence-electron chi connectivity index (χ1n) is 8.64. The maximum Gasteiger partial charge on any atom is 0.201 e. The number of aromatic nitrogens is 4. The summed E-state index contributed by atoms with van der Waals surface area (Å²) in [5.41, 5.74) is -0.520. The molecule has 2 aromatic rings. The fourth-order valence-corrected chi connectivity index (χ4v) is 4.19. The Balaban J connectivity index is 2.17. The standard InChI is InChI=1S/C16H26N5O6P/c1-9-11-12(20-10(2)19-9)21(8-18-11)16(6)15(5,23)14(4,22)13(3,27-16)7-26-28(17,24)25/h8,22-23H,7H2,1-6H3,(H3,17,24,25)/p-1. The van der Waals surface area contributed by atoms with E-state index in [2.05, 4.69) is 15.0 Å². The Bertz CT molecular complexity index is 985. The van der Waals surface area contributed by atoms with Crippen LogP contribution in [0.4, 0.5) is 0 Å². The molecule has 1 saturated heterocycles. The molecule has 1 aliphatic rings. The molecule has 5 atom stereocenters. The highest BCUT2D eigenvalue weighted by molar-refractivity contribution is 7.48. The van der Waals surface area contributed by atoms with Crippen LogP contribution in [0.15, 0.2) is 6.33 Å². The van der Waals surface area contributed by atoms with Crippen LogP contribution in [0.5, 0.6) is 0 Å². The number of aliphatic hydroxyl groups is 2. The van der Waals surface area contributed by atoms with Crippen LogP contribution in [0.3, 0.4) is 0 Å².